The van der Waals surface area contributed by atoms with Crippen LogP contribution >= 0.6 is 92.8 Å². The molecule has 0 atom stereocenters. The molecule has 1 fully saturated rings. The van der Waals surface area contributed by atoms with Gasteiger partial charge < -0.3 is 0 Å². The quantitative estimate of drug-likeness (QED) is 0.537. The van der Waals surface area contributed by atoms with Gasteiger partial charge in [-0.25, -0.2) is 0 Å². The highest BCUT2D eigenvalue weighted by atomic mass is 35.6. The Morgan fingerprint density at radius 1 is 0.538 bits per heavy atom. The molecule has 0 radical (unpaired) electrons. The van der Waals surface area contributed by atoms with Crippen LogP contribution in [0.25, 0.3) is 0 Å². The van der Waals surface area contributed by atoms with Crippen LogP contribution in [0.4, 0.5) is 0 Å². The van der Waals surface area contributed by atoms with Gasteiger partial charge in [0.1, 0.15) is 0 Å². The summed E-state index contributed by atoms with van der Waals surface area (Å²) in [5, 5.41) is 0. The van der Waals surface area contributed by atoms with Crippen molar-refractivity contribution in [3.63, 3.8) is 0 Å². The molecule has 0 aromatic heterocycles. The molecule has 0 unspecified atom stereocenters. The fourth-order valence-corrected chi connectivity index (χ4v) is 3.90. The zero-order valence-electron chi connectivity index (χ0n) is 5.73. The topological polar surface area (TPSA) is 0 Å². The van der Waals surface area contributed by atoms with Gasteiger partial charge in [0.05, 0.1) is 0 Å². The molecule has 0 spiro atoms. The van der Waals surface area contributed by atoms with Crippen molar-refractivity contribution in [2.75, 3.05) is 0 Å². The predicted molar refractivity (Wildman–Crippen MR) is 62.4 cm³/mol. The lowest BCUT2D eigenvalue weighted by atomic mass is 10.3. The Hall–Kier alpha value is 2.32. The lowest BCUT2D eigenvalue weighted by Gasteiger charge is -2.33. The third-order valence-electron chi connectivity index (χ3n) is 1.76. The van der Waals surface area contributed by atoms with Crippen LogP contribution in [0.5, 0.6) is 0 Å². The standard InChI is InChI=1S/C5H2Cl8/c6-2(7)1-3(8,9)5(12,13)4(2,10)11/h1H2. The van der Waals surface area contributed by atoms with Gasteiger partial charge in [-0.3, -0.25) is 0 Å². The number of alkyl halides is 8. The molecule has 1 saturated carbocycles. The first-order chi connectivity index (χ1) is 5.46. The minimum Gasteiger partial charge on any atom is -0.0980 e. The Kier molecular flexibility index (Phi) is 3.50. The summed E-state index contributed by atoms with van der Waals surface area (Å²) in [4.78, 5) is 0. The summed E-state index contributed by atoms with van der Waals surface area (Å²) in [6.07, 6.45) is -0.133. The first kappa shape index (κ1) is 13.4. The van der Waals surface area contributed by atoms with Crippen LogP contribution < -0.4 is 0 Å². The van der Waals surface area contributed by atoms with Gasteiger partial charge in [0.15, 0.2) is 17.3 Å². The predicted octanol–water partition coefficient (Wildman–Crippen LogP) is 5.09. The van der Waals surface area contributed by atoms with Gasteiger partial charge in [-0.15, -0.1) is 0 Å². The summed E-state index contributed by atoms with van der Waals surface area (Å²) in [5.41, 5.74) is 0. The normalized spacial score (nSPS) is 33.2. The summed E-state index contributed by atoms with van der Waals surface area (Å²) < 4.78 is -6.86. The monoisotopic (exact) mass is 342 g/mol. The third kappa shape index (κ3) is 1.74. The highest BCUT2D eigenvalue weighted by Crippen LogP contribution is 2.70. The molecular weight excluding hydrogens is 344 g/mol. The fraction of sp³-hybridized carbons (Fsp3) is 1.00. The van der Waals surface area contributed by atoms with Crippen LogP contribution in [0.3, 0.4) is 0 Å². The molecule has 78 valence electrons. The molecule has 0 saturated heterocycles. The van der Waals surface area contributed by atoms with Crippen LogP contribution in [0, 0.1) is 0 Å². The summed E-state index contributed by atoms with van der Waals surface area (Å²) in [7, 11) is 0. The summed E-state index contributed by atoms with van der Waals surface area (Å²) in [6.45, 7) is 0. The van der Waals surface area contributed by atoms with Crippen molar-refractivity contribution >= 4 is 92.8 Å². The molecule has 8 heteroatoms. The van der Waals surface area contributed by atoms with Crippen molar-refractivity contribution in [1.29, 1.82) is 0 Å². The van der Waals surface area contributed by atoms with Crippen LogP contribution in [-0.4, -0.2) is 17.3 Å². The van der Waals surface area contributed by atoms with E-state index in [1.165, 1.54) is 0 Å². The van der Waals surface area contributed by atoms with E-state index in [0.717, 1.165) is 0 Å². The van der Waals surface area contributed by atoms with Gasteiger partial charge >= 0.3 is 0 Å². The van der Waals surface area contributed by atoms with Gasteiger partial charge in [-0.1, -0.05) is 92.8 Å². The first-order valence-corrected chi connectivity index (χ1v) is 5.99. The number of halogens is 8. The van der Waals surface area contributed by atoms with E-state index in [0.29, 0.717) is 0 Å². The Morgan fingerprint density at radius 2 is 0.769 bits per heavy atom. The molecular formula is C5H2Cl8. The van der Waals surface area contributed by atoms with E-state index >= 15 is 0 Å². The number of hydrogen-bond acceptors (Lipinski definition) is 0. The molecule has 0 nitrogen and oxygen atoms in total. The SMILES string of the molecule is ClC1(Cl)CC(Cl)(Cl)C(Cl)(Cl)C1(Cl)Cl. The maximum atomic E-state index is 5.80. The molecule has 0 amide bonds. The number of rotatable bonds is 0. The Labute approximate surface area is 116 Å². The van der Waals surface area contributed by atoms with E-state index in [9.17, 15) is 0 Å². The van der Waals surface area contributed by atoms with Crippen molar-refractivity contribution in [2.45, 2.75) is 23.8 Å². The van der Waals surface area contributed by atoms with E-state index in [-0.39, 0.29) is 6.42 Å². The molecule has 0 heterocycles. The largest absolute Gasteiger partial charge is 0.186 e. The van der Waals surface area contributed by atoms with Crippen LogP contribution in [0.1, 0.15) is 6.42 Å². The van der Waals surface area contributed by atoms with E-state index in [4.69, 9.17) is 92.8 Å². The van der Waals surface area contributed by atoms with Crippen molar-refractivity contribution in [1.82, 2.24) is 0 Å². The van der Waals surface area contributed by atoms with Gasteiger partial charge in [-0.2, -0.15) is 0 Å². The zero-order chi connectivity index (χ0) is 10.7. The zero-order valence-corrected chi connectivity index (χ0v) is 11.8. The summed E-state index contributed by atoms with van der Waals surface area (Å²) in [6, 6.07) is 0. The van der Waals surface area contributed by atoms with E-state index in [1.54, 1.807) is 0 Å². The second-order valence-corrected chi connectivity index (χ2v) is 8.36. The molecule has 0 aromatic rings. The van der Waals surface area contributed by atoms with E-state index in [1.807, 2.05) is 0 Å². The summed E-state index contributed by atoms with van der Waals surface area (Å²) in [5.74, 6) is 0. The van der Waals surface area contributed by atoms with Gasteiger partial charge in [0.25, 0.3) is 0 Å². The van der Waals surface area contributed by atoms with Gasteiger partial charge in [0, 0.05) is 6.42 Å². The highest BCUT2D eigenvalue weighted by molar-refractivity contribution is 6.75. The van der Waals surface area contributed by atoms with Crippen molar-refractivity contribution in [3.05, 3.63) is 0 Å². The molecule has 1 rings (SSSR count). The Balaban J connectivity index is 3.24. The molecule has 0 aliphatic heterocycles. The van der Waals surface area contributed by atoms with Gasteiger partial charge in [-0.05, 0) is 0 Å². The van der Waals surface area contributed by atoms with Crippen molar-refractivity contribution in [2.24, 2.45) is 0 Å². The van der Waals surface area contributed by atoms with E-state index in [2.05, 4.69) is 0 Å². The molecule has 0 bridgehead atoms. The summed E-state index contributed by atoms with van der Waals surface area (Å²) >= 11 is 46.4. The molecule has 0 N–H and O–H groups in total. The average Bonchev–Trinajstić information content (AvgIpc) is 1.88. The second-order valence-electron chi connectivity index (χ2n) is 2.73. The minimum absolute atomic E-state index is 0.133. The Morgan fingerprint density at radius 3 is 0.846 bits per heavy atom. The lowest BCUT2D eigenvalue weighted by Crippen LogP contribution is -2.46. The maximum Gasteiger partial charge on any atom is 0.186 e. The maximum absolute atomic E-state index is 5.80. The minimum atomic E-state index is -1.84. The van der Waals surface area contributed by atoms with Crippen LogP contribution in [-0.2, 0) is 0 Å². The molecule has 1 aliphatic rings. The second kappa shape index (κ2) is 3.40. The average molecular weight is 346 g/mol. The van der Waals surface area contributed by atoms with E-state index < -0.39 is 17.3 Å². The lowest BCUT2D eigenvalue weighted by molar-refractivity contribution is 0.724. The van der Waals surface area contributed by atoms with Gasteiger partial charge in [0.2, 0.25) is 0 Å². The molecule has 13 heavy (non-hydrogen) atoms. The third-order valence-corrected chi connectivity index (χ3v) is 7.01. The highest BCUT2D eigenvalue weighted by Gasteiger charge is 2.76. The van der Waals surface area contributed by atoms with Crippen LogP contribution in [0.2, 0.25) is 0 Å². The van der Waals surface area contributed by atoms with Crippen LogP contribution in [0.15, 0.2) is 0 Å². The molecule has 0 aromatic carbocycles. The number of hydrogen-bond donors (Lipinski definition) is 0. The fourth-order valence-electron chi connectivity index (χ4n) is 0.960. The molecule has 1 aliphatic carbocycles. The smallest absolute Gasteiger partial charge is 0.0980 e. The first-order valence-electron chi connectivity index (χ1n) is 2.97. The van der Waals surface area contributed by atoms with Crippen molar-refractivity contribution in [3.8, 4) is 0 Å². The van der Waals surface area contributed by atoms with Crippen molar-refractivity contribution < 1.29 is 0 Å². The Bertz CT molecular complexity index is 205.